The zero-order valence-electron chi connectivity index (χ0n) is 8.02. The van der Waals surface area contributed by atoms with Gasteiger partial charge < -0.3 is 10.2 Å². The first-order valence-electron chi connectivity index (χ1n) is 4.05. The van der Waals surface area contributed by atoms with E-state index in [9.17, 15) is 0 Å². The second-order valence-corrected chi connectivity index (χ2v) is 10.3. The van der Waals surface area contributed by atoms with E-state index in [-0.39, 0.29) is 18.6 Å². The molecule has 0 radical (unpaired) electrons. The van der Waals surface area contributed by atoms with Crippen LogP contribution >= 0.6 is 0 Å². The molecule has 0 spiro atoms. The van der Waals surface area contributed by atoms with Crippen LogP contribution in [0.1, 0.15) is 6.92 Å². The van der Waals surface area contributed by atoms with Crippen molar-refractivity contribution in [2.24, 2.45) is 5.41 Å². The summed E-state index contributed by atoms with van der Waals surface area (Å²) in [7, 11) is -1.15. The quantitative estimate of drug-likeness (QED) is 0.634. The van der Waals surface area contributed by atoms with Gasteiger partial charge in [-0.05, 0) is 6.04 Å². The van der Waals surface area contributed by atoms with Crippen LogP contribution in [-0.4, -0.2) is 31.5 Å². The lowest BCUT2D eigenvalue weighted by Gasteiger charge is -2.31. The Kier molecular flexibility index (Phi) is 3.74. The van der Waals surface area contributed by atoms with Gasteiger partial charge in [-0.2, -0.15) is 0 Å². The monoisotopic (exact) mass is 176 g/mol. The molecule has 0 aliphatic carbocycles. The summed E-state index contributed by atoms with van der Waals surface area (Å²) >= 11 is 0. The highest BCUT2D eigenvalue weighted by Crippen LogP contribution is 2.27. The molecule has 0 aliphatic rings. The average Bonchev–Trinajstić information content (AvgIpc) is 1.84. The molecule has 11 heavy (non-hydrogen) atoms. The Morgan fingerprint density at radius 3 is 1.55 bits per heavy atom. The van der Waals surface area contributed by atoms with Crippen LogP contribution in [0.15, 0.2) is 0 Å². The molecule has 3 heteroatoms. The summed E-state index contributed by atoms with van der Waals surface area (Å²) in [5, 5.41) is 18.0. The third kappa shape index (κ3) is 4.56. The van der Waals surface area contributed by atoms with E-state index in [2.05, 4.69) is 19.6 Å². The molecule has 68 valence electrons. The molecule has 0 unspecified atom stereocenters. The van der Waals surface area contributed by atoms with Crippen molar-refractivity contribution in [1.29, 1.82) is 0 Å². The fourth-order valence-corrected chi connectivity index (χ4v) is 4.23. The van der Waals surface area contributed by atoms with Gasteiger partial charge in [0.05, 0.1) is 13.2 Å². The highest BCUT2D eigenvalue weighted by atomic mass is 28.3. The SMILES string of the molecule is CC(CO)(CO)C[Si](C)(C)C. The third-order valence-corrected chi connectivity index (χ3v) is 3.63. The van der Waals surface area contributed by atoms with Crippen LogP contribution in [-0.2, 0) is 0 Å². The maximum absolute atomic E-state index is 9.01. The highest BCUT2D eigenvalue weighted by Gasteiger charge is 2.29. The molecule has 0 aromatic heterocycles. The summed E-state index contributed by atoms with van der Waals surface area (Å²) in [6.45, 7) is 8.86. The summed E-state index contributed by atoms with van der Waals surface area (Å²) in [5.41, 5.74) is -0.259. The van der Waals surface area contributed by atoms with Gasteiger partial charge in [-0.3, -0.25) is 0 Å². The zero-order valence-corrected chi connectivity index (χ0v) is 9.02. The van der Waals surface area contributed by atoms with Gasteiger partial charge in [-0.1, -0.05) is 26.6 Å². The van der Waals surface area contributed by atoms with Crippen molar-refractivity contribution in [2.45, 2.75) is 32.6 Å². The standard InChI is InChI=1S/C8H20O2Si/c1-8(5-9,6-10)7-11(2,3)4/h9-10H,5-7H2,1-4H3. The summed E-state index contributed by atoms with van der Waals surface area (Å²) in [4.78, 5) is 0. The van der Waals surface area contributed by atoms with Crippen LogP contribution in [0.25, 0.3) is 0 Å². The Morgan fingerprint density at radius 2 is 1.45 bits per heavy atom. The lowest BCUT2D eigenvalue weighted by molar-refractivity contribution is 0.0845. The van der Waals surface area contributed by atoms with E-state index < -0.39 is 8.07 Å². The Labute approximate surface area is 70.3 Å². The van der Waals surface area contributed by atoms with E-state index in [0.29, 0.717) is 0 Å². The summed E-state index contributed by atoms with van der Waals surface area (Å²) < 4.78 is 0. The number of aliphatic hydroxyl groups excluding tert-OH is 2. The van der Waals surface area contributed by atoms with Crippen molar-refractivity contribution in [3.05, 3.63) is 0 Å². The summed E-state index contributed by atoms with van der Waals surface area (Å²) in [5.74, 6) is 0. The van der Waals surface area contributed by atoms with Crippen LogP contribution in [0.4, 0.5) is 0 Å². The van der Waals surface area contributed by atoms with E-state index in [4.69, 9.17) is 10.2 Å². The Morgan fingerprint density at radius 1 is 1.09 bits per heavy atom. The van der Waals surface area contributed by atoms with Crippen LogP contribution in [0, 0.1) is 5.41 Å². The van der Waals surface area contributed by atoms with Gasteiger partial charge in [0.15, 0.2) is 0 Å². The Balaban J connectivity index is 4.08. The highest BCUT2D eigenvalue weighted by molar-refractivity contribution is 6.76. The zero-order chi connectivity index (χ0) is 9.12. The molecule has 0 amide bonds. The molecule has 0 saturated carbocycles. The van der Waals surface area contributed by atoms with E-state index in [1.807, 2.05) is 6.92 Å². The van der Waals surface area contributed by atoms with Gasteiger partial charge in [-0.25, -0.2) is 0 Å². The molecule has 0 rings (SSSR count). The molecule has 0 aromatic carbocycles. The normalized spacial score (nSPS) is 13.6. The molecule has 0 atom stereocenters. The number of rotatable bonds is 4. The van der Waals surface area contributed by atoms with E-state index in [1.165, 1.54) is 0 Å². The second kappa shape index (κ2) is 3.69. The lowest BCUT2D eigenvalue weighted by Crippen LogP contribution is -2.35. The van der Waals surface area contributed by atoms with Crippen LogP contribution in [0.3, 0.4) is 0 Å². The molecule has 2 N–H and O–H groups in total. The lowest BCUT2D eigenvalue weighted by atomic mass is 9.96. The van der Waals surface area contributed by atoms with Gasteiger partial charge in [0.1, 0.15) is 0 Å². The van der Waals surface area contributed by atoms with Gasteiger partial charge in [0.25, 0.3) is 0 Å². The van der Waals surface area contributed by atoms with E-state index in [0.717, 1.165) is 6.04 Å². The van der Waals surface area contributed by atoms with Crippen LogP contribution in [0.5, 0.6) is 0 Å². The molecule has 0 heterocycles. The fraction of sp³-hybridized carbons (Fsp3) is 1.00. The first-order chi connectivity index (χ1) is 4.83. The Hall–Kier alpha value is 0.137. The van der Waals surface area contributed by atoms with Gasteiger partial charge in [-0.15, -0.1) is 0 Å². The molecule has 0 aromatic rings. The first kappa shape index (κ1) is 11.1. The van der Waals surface area contributed by atoms with Crippen molar-refractivity contribution in [1.82, 2.24) is 0 Å². The second-order valence-electron chi connectivity index (χ2n) is 4.86. The smallest absolute Gasteiger partial charge is 0.0504 e. The van der Waals surface area contributed by atoms with Crippen molar-refractivity contribution < 1.29 is 10.2 Å². The average molecular weight is 176 g/mol. The predicted octanol–water partition coefficient (Wildman–Crippen LogP) is 1.32. The van der Waals surface area contributed by atoms with Crippen LogP contribution < -0.4 is 0 Å². The van der Waals surface area contributed by atoms with Crippen molar-refractivity contribution in [2.75, 3.05) is 13.2 Å². The maximum Gasteiger partial charge on any atom is 0.0504 e. The predicted molar refractivity (Wildman–Crippen MR) is 50.4 cm³/mol. The maximum atomic E-state index is 9.01. The number of hydrogen-bond donors (Lipinski definition) is 2. The summed E-state index contributed by atoms with van der Waals surface area (Å²) in [6.07, 6.45) is 0. The third-order valence-electron chi connectivity index (χ3n) is 1.72. The van der Waals surface area contributed by atoms with Gasteiger partial charge >= 0.3 is 0 Å². The topological polar surface area (TPSA) is 40.5 Å². The molecular formula is C8H20O2Si. The van der Waals surface area contributed by atoms with Crippen molar-refractivity contribution >= 4 is 8.07 Å². The van der Waals surface area contributed by atoms with Crippen LogP contribution in [0.2, 0.25) is 25.7 Å². The Bertz CT molecular complexity index is 114. The minimum absolute atomic E-state index is 0.0910. The van der Waals surface area contributed by atoms with Crippen molar-refractivity contribution in [3.8, 4) is 0 Å². The molecular weight excluding hydrogens is 156 g/mol. The minimum Gasteiger partial charge on any atom is -0.396 e. The fourth-order valence-electron chi connectivity index (χ4n) is 1.44. The van der Waals surface area contributed by atoms with Gasteiger partial charge in [0.2, 0.25) is 0 Å². The molecule has 0 aliphatic heterocycles. The molecule has 0 bridgehead atoms. The van der Waals surface area contributed by atoms with Gasteiger partial charge in [0, 0.05) is 13.5 Å². The number of hydrogen-bond acceptors (Lipinski definition) is 2. The minimum atomic E-state index is -1.15. The van der Waals surface area contributed by atoms with Crippen molar-refractivity contribution in [3.63, 3.8) is 0 Å². The summed E-state index contributed by atoms with van der Waals surface area (Å²) in [6, 6.07) is 0.979. The number of aliphatic hydroxyl groups is 2. The van der Waals surface area contributed by atoms with E-state index in [1.54, 1.807) is 0 Å². The molecule has 0 fully saturated rings. The molecule has 2 nitrogen and oxygen atoms in total. The largest absolute Gasteiger partial charge is 0.396 e. The first-order valence-corrected chi connectivity index (χ1v) is 7.75. The molecule has 0 saturated heterocycles. The van der Waals surface area contributed by atoms with E-state index >= 15 is 0 Å².